The summed E-state index contributed by atoms with van der Waals surface area (Å²) in [5.74, 6) is 0.0317. The number of aryl methyl sites for hydroxylation is 1. The fraction of sp³-hybridized carbons (Fsp3) is 0.364. The van der Waals surface area contributed by atoms with Gasteiger partial charge in [0.2, 0.25) is 10.0 Å². The SMILES string of the molecule is CSCCn1c(=NC(=O)c2ccc(S(=O)(=O)N3CCCCC3)cc2)sc2cc(F)ccc21. The molecule has 0 radical (unpaired) electrons. The summed E-state index contributed by atoms with van der Waals surface area (Å²) in [5.41, 5.74) is 1.14. The molecule has 1 aliphatic rings. The van der Waals surface area contributed by atoms with Crippen LogP contribution in [-0.2, 0) is 16.6 Å². The summed E-state index contributed by atoms with van der Waals surface area (Å²) in [7, 11) is -3.55. The van der Waals surface area contributed by atoms with Crippen LogP contribution >= 0.6 is 23.1 Å². The lowest BCUT2D eigenvalue weighted by Gasteiger charge is -2.25. The summed E-state index contributed by atoms with van der Waals surface area (Å²) < 4.78 is 43.4. The Balaban J connectivity index is 1.64. The molecule has 0 saturated carbocycles. The summed E-state index contributed by atoms with van der Waals surface area (Å²) >= 11 is 2.93. The monoisotopic (exact) mass is 493 g/mol. The van der Waals surface area contributed by atoms with Crippen molar-refractivity contribution in [2.45, 2.75) is 30.7 Å². The summed E-state index contributed by atoms with van der Waals surface area (Å²) in [6.45, 7) is 1.70. The van der Waals surface area contributed by atoms with Crippen LogP contribution in [0, 0.1) is 5.82 Å². The van der Waals surface area contributed by atoms with E-state index in [1.54, 1.807) is 17.8 Å². The fourth-order valence-electron chi connectivity index (χ4n) is 3.71. The number of fused-ring (bicyclic) bond motifs is 1. The number of thioether (sulfide) groups is 1. The first-order chi connectivity index (χ1) is 15.4. The number of aromatic nitrogens is 1. The Kier molecular flexibility index (Phi) is 7.14. The van der Waals surface area contributed by atoms with E-state index in [1.807, 2.05) is 10.8 Å². The first-order valence-corrected chi connectivity index (χ1v) is 14.0. The van der Waals surface area contributed by atoms with Crippen molar-refractivity contribution in [3.05, 3.63) is 58.6 Å². The van der Waals surface area contributed by atoms with E-state index in [-0.39, 0.29) is 10.7 Å². The molecule has 32 heavy (non-hydrogen) atoms. The summed E-state index contributed by atoms with van der Waals surface area (Å²) in [5, 5.41) is 0. The van der Waals surface area contributed by atoms with E-state index >= 15 is 0 Å². The van der Waals surface area contributed by atoms with Crippen LogP contribution in [0.25, 0.3) is 10.2 Å². The standard InChI is InChI=1S/C22H24FN3O3S3/c1-30-14-13-26-19-10-7-17(23)15-20(19)31-22(26)24-21(27)16-5-8-18(9-6-16)32(28,29)25-11-3-2-4-12-25/h5-10,15H,2-4,11-14H2,1H3. The number of nitrogens with zero attached hydrogens (tertiary/aromatic N) is 3. The van der Waals surface area contributed by atoms with Crippen LogP contribution in [-0.4, -0.2) is 48.3 Å². The molecule has 2 heterocycles. The van der Waals surface area contributed by atoms with Gasteiger partial charge in [-0.25, -0.2) is 12.8 Å². The number of hydrogen-bond donors (Lipinski definition) is 0. The average Bonchev–Trinajstić information content (AvgIpc) is 3.14. The number of benzene rings is 2. The van der Waals surface area contributed by atoms with E-state index < -0.39 is 15.9 Å². The minimum absolute atomic E-state index is 0.184. The van der Waals surface area contributed by atoms with E-state index in [2.05, 4.69) is 4.99 Å². The highest BCUT2D eigenvalue weighted by Crippen LogP contribution is 2.22. The van der Waals surface area contributed by atoms with Crippen LogP contribution in [0.5, 0.6) is 0 Å². The van der Waals surface area contributed by atoms with Crippen molar-refractivity contribution in [3.63, 3.8) is 0 Å². The Hall–Kier alpha value is -2.01. The number of amides is 1. The zero-order valence-electron chi connectivity index (χ0n) is 17.7. The topological polar surface area (TPSA) is 71.7 Å². The average molecular weight is 494 g/mol. The molecule has 0 N–H and O–H groups in total. The van der Waals surface area contributed by atoms with Crippen molar-refractivity contribution < 1.29 is 17.6 Å². The molecule has 1 aliphatic heterocycles. The Morgan fingerprint density at radius 2 is 1.84 bits per heavy atom. The van der Waals surface area contributed by atoms with Crippen molar-refractivity contribution in [2.75, 3.05) is 25.1 Å². The molecule has 0 unspecified atom stereocenters. The van der Waals surface area contributed by atoms with Crippen molar-refractivity contribution >= 4 is 49.2 Å². The number of thiazole rings is 1. The number of carbonyl (C=O) groups excluding carboxylic acids is 1. The maximum atomic E-state index is 13.7. The van der Waals surface area contributed by atoms with Gasteiger partial charge in [0.25, 0.3) is 5.91 Å². The van der Waals surface area contributed by atoms with Gasteiger partial charge in [0.1, 0.15) is 5.82 Å². The molecule has 0 spiro atoms. The smallest absolute Gasteiger partial charge is 0.279 e. The van der Waals surface area contributed by atoms with Gasteiger partial charge < -0.3 is 4.57 Å². The van der Waals surface area contributed by atoms with Crippen LogP contribution < -0.4 is 4.80 Å². The Morgan fingerprint density at radius 3 is 2.53 bits per heavy atom. The molecule has 0 atom stereocenters. The predicted molar refractivity (Wildman–Crippen MR) is 127 cm³/mol. The van der Waals surface area contributed by atoms with Gasteiger partial charge in [-0.15, -0.1) is 0 Å². The second-order valence-electron chi connectivity index (χ2n) is 7.55. The number of carbonyl (C=O) groups is 1. The Labute approximate surface area is 194 Å². The number of hydrogen-bond acceptors (Lipinski definition) is 5. The second-order valence-corrected chi connectivity index (χ2v) is 11.5. The van der Waals surface area contributed by atoms with E-state index in [9.17, 15) is 17.6 Å². The highest BCUT2D eigenvalue weighted by Gasteiger charge is 2.26. The summed E-state index contributed by atoms with van der Waals surface area (Å²) in [6, 6.07) is 10.5. The first-order valence-electron chi connectivity index (χ1n) is 10.4. The third-order valence-corrected chi connectivity index (χ3v) is 8.96. The Bertz CT molecular complexity index is 1290. The van der Waals surface area contributed by atoms with Gasteiger partial charge in [0.15, 0.2) is 4.80 Å². The van der Waals surface area contributed by atoms with Crippen LogP contribution in [0.3, 0.4) is 0 Å². The van der Waals surface area contributed by atoms with Gasteiger partial charge >= 0.3 is 0 Å². The quantitative estimate of drug-likeness (QED) is 0.518. The number of sulfonamides is 1. The molecule has 1 fully saturated rings. The molecule has 4 rings (SSSR count). The van der Waals surface area contributed by atoms with Gasteiger partial charge in [0, 0.05) is 31.0 Å². The summed E-state index contributed by atoms with van der Waals surface area (Å²) in [4.78, 5) is 17.8. The summed E-state index contributed by atoms with van der Waals surface area (Å²) in [6.07, 6.45) is 4.77. The van der Waals surface area contributed by atoms with Crippen LogP contribution in [0.15, 0.2) is 52.4 Å². The molecule has 0 bridgehead atoms. The molecule has 1 amide bonds. The zero-order chi connectivity index (χ0) is 22.7. The highest BCUT2D eigenvalue weighted by atomic mass is 32.2. The van der Waals surface area contributed by atoms with Crippen LogP contribution in [0.1, 0.15) is 29.6 Å². The predicted octanol–water partition coefficient (Wildman–Crippen LogP) is 4.12. The first kappa shape index (κ1) is 23.2. The lowest BCUT2D eigenvalue weighted by atomic mass is 10.2. The Morgan fingerprint density at radius 1 is 1.12 bits per heavy atom. The van der Waals surface area contributed by atoms with E-state index in [0.29, 0.717) is 30.0 Å². The normalized spacial score (nSPS) is 16.0. The van der Waals surface area contributed by atoms with Gasteiger partial charge in [-0.3, -0.25) is 4.79 Å². The largest absolute Gasteiger partial charge is 0.316 e. The third kappa shape index (κ3) is 4.83. The minimum Gasteiger partial charge on any atom is -0.316 e. The molecule has 2 aromatic carbocycles. The van der Waals surface area contributed by atoms with E-state index in [1.165, 1.54) is 52.0 Å². The van der Waals surface area contributed by atoms with Crippen LogP contribution in [0.2, 0.25) is 0 Å². The van der Waals surface area contributed by atoms with Crippen molar-refractivity contribution in [3.8, 4) is 0 Å². The molecule has 0 aliphatic carbocycles. The molecule has 170 valence electrons. The second kappa shape index (κ2) is 9.86. The lowest BCUT2D eigenvalue weighted by Crippen LogP contribution is -2.35. The molecular formula is C22H24FN3O3S3. The molecule has 3 aromatic rings. The number of rotatable bonds is 6. The molecule has 1 aromatic heterocycles. The maximum absolute atomic E-state index is 13.7. The molecular weight excluding hydrogens is 469 g/mol. The van der Waals surface area contributed by atoms with Gasteiger partial charge in [-0.05, 0) is 61.6 Å². The van der Waals surface area contributed by atoms with Crippen molar-refractivity contribution in [1.29, 1.82) is 0 Å². The third-order valence-electron chi connectivity index (χ3n) is 5.42. The van der Waals surface area contributed by atoms with Crippen molar-refractivity contribution in [1.82, 2.24) is 8.87 Å². The molecule has 1 saturated heterocycles. The van der Waals surface area contributed by atoms with Gasteiger partial charge in [-0.1, -0.05) is 17.8 Å². The van der Waals surface area contributed by atoms with Crippen molar-refractivity contribution in [2.24, 2.45) is 4.99 Å². The number of piperidine rings is 1. The van der Waals surface area contributed by atoms with E-state index in [0.717, 1.165) is 35.2 Å². The number of halogens is 1. The minimum atomic E-state index is -3.55. The molecule has 6 nitrogen and oxygen atoms in total. The lowest BCUT2D eigenvalue weighted by molar-refractivity contribution is 0.0997. The van der Waals surface area contributed by atoms with Gasteiger partial charge in [-0.2, -0.15) is 21.1 Å². The van der Waals surface area contributed by atoms with Gasteiger partial charge in [0.05, 0.1) is 15.1 Å². The zero-order valence-corrected chi connectivity index (χ0v) is 20.1. The fourth-order valence-corrected chi connectivity index (χ4v) is 6.67. The van der Waals surface area contributed by atoms with E-state index in [4.69, 9.17) is 0 Å². The maximum Gasteiger partial charge on any atom is 0.279 e. The van der Waals surface area contributed by atoms with Crippen LogP contribution in [0.4, 0.5) is 4.39 Å². The highest BCUT2D eigenvalue weighted by molar-refractivity contribution is 7.98. The molecule has 10 heteroatoms.